The number of amides is 1. The first-order valence-electron chi connectivity index (χ1n) is 7.80. The van der Waals surface area contributed by atoms with Gasteiger partial charge >= 0.3 is 0 Å². The molecule has 1 N–H and O–H groups in total. The third kappa shape index (κ3) is 2.95. The molecule has 2 heterocycles. The maximum Gasteiger partial charge on any atom is 0.257 e. The second-order valence-electron chi connectivity index (χ2n) is 5.90. The number of carbonyl (C=O) groups is 1. The zero-order valence-corrected chi connectivity index (χ0v) is 14.2. The molecule has 0 saturated carbocycles. The van der Waals surface area contributed by atoms with Crippen LogP contribution in [-0.4, -0.2) is 27.8 Å². The number of carbonyl (C=O) groups excluding carboxylic acids is 1. The first-order chi connectivity index (χ1) is 11.5. The molecule has 3 rings (SSSR count). The number of ether oxygens (including phenoxy) is 1. The Morgan fingerprint density at radius 3 is 2.79 bits per heavy atom. The van der Waals surface area contributed by atoms with E-state index in [1.807, 2.05) is 49.7 Å². The Kier molecular flexibility index (Phi) is 4.20. The highest BCUT2D eigenvalue weighted by molar-refractivity contribution is 6.06. The van der Waals surface area contributed by atoms with E-state index in [4.69, 9.17) is 4.74 Å². The van der Waals surface area contributed by atoms with E-state index in [9.17, 15) is 4.79 Å². The van der Waals surface area contributed by atoms with E-state index in [2.05, 4.69) is 15.4 Å². The van der Waals surface area contributed by atoms with Crippen LogP contribution >= 0.6 is 0 Å². The molecule has 6 nitrogen and oxygen atoms in total. The summed E-state index contributed by atoms with van der Waals surface area (Å²) in [6.45, 7) is 5.93. The summed E-state index contributed by atoms with van der Waals surface area (Å²) in [7, 11) is 1.59. The second kappa shape index (κ2) is 6.31. The second-order valence-corrected chi connectivity index (χ2v) is 5.90. The average Bonchev–Trinajstić information content (AvgIpc) is 2.97. The third-order valence-electron chi connectivity index (χ3n) is 3.82. The van der Waals surface area contributed by atoms with Gasteiger partial charge in [0.05, 0.1) is 24.6 Å². The van der Waals surface area contributed by atoms with Crippen LogP contribution in [0.5, 0.6) is 5.75 Å². The summed E-state index contributed by atoms with van der Waals surface area (Å²) < 4.78 is 7.03. The minimum Gasteiger partial charge on any atom is -0.497 e. The monoisotopic (exact) mass is 324 g/mol. The zero-order chi connectivity index (χ0) is 17.3. The number of aryl methyl sites for hydroxylation is 1. The van der Waals surface area contributed by atoms with Crippen molar-refractivity contribution in [3.05, 3.63) is 47.8 Å². The predicted molar refractivity (Wildman–Crippen MR) is 93.6 cm³/mol. The summed E-state index contributed by atoms with van der Waals surface area (Å²) in [5.74, 6) is 0.490. The smallest absolute Gasteiger partial charge is 0.257 e. The minimum absolute atomic E-state index is 0.201. The van der Waals surface area contributed by atoms with E-state index in [-0.39, 0.29) is 11.9 Å². The highest BCUT2D eigenvalue weighted by Gasteiger charge is 2.15. The summed E-state index contributed by atoms with van der Waals surface area (Å²) in [6, 6.07) is 9.29. The molecule has 0 aliphatic carbocycles. The van der Waals surface area contributed by atoms with E-state index in [0.717, 1.165) is 11.0 Å². The standard InChI is InChI=1S/C18H20N4O2/c1-11(2)22-17-13(10-19-22)8-16(12(3)20-17)18(23)21-14-6-5-7-15(9-14)24-4/h5-11H,1-4H3,(H,21,23). The molecule has 124 valence electrons. The lowest BCUT2D eigenvalue weighted by molar-refractivity contribution is 0.102. The van der Waals surface area contributed by atoms with Crippen molar-refractivity contribution in [2.75, 3.05) is 12.4 Å². The average molecular weight is 324 g/mol. The van der Waals surface area contributed by atoms with Crippen molar-refractivity contribution < 1.29 is 9.53 Å². The molecule has 0 radical (unpaired) electrons. The lowest BCUT2D eigenvalue weighted by Crippen LogP contribution is -2.14. The lowest BCUT2D eigenvalue weighted by atomic mass is 10.1. The largest absolute Gasteiger partial charge is 0.497 e. The van der Waals surface area contributed by atoms with Crippen molar-refractivity contribution in [2.24, 2.45) is 0 Å². The summed E-state index contributed by atoms with van der Waals surface area (Å²) in [4.78, 5) is 17.2. The van der Waals surface area contributed by atoms with E-state index < -0.39 is 0 Å². The number of rotatable bonds is 4. The van der Waals surface area contributed by atoms with Crippen molar-refractivity contribution in [2.45, 2.75) is 26.8 Å². The van der Waals surface area contributed by atoms with Gasteiger partial charge < -0.3 is 10.1 Å². The molecule has 1 amide bonds. The van der Waals surface area contributed by atoms with E-state index in [1.165, 1.54) is 0 Å². The van der Waals surface area contributed by atoms with Gasteiger partial charge in [-0.2, -0.15) is 5.10 Å². The van der Waals surface area contributed by atoms with Gasteiger partial charge in [0, 0.05) is 23.2 Å². The number of pyridine rings is 1. The van der Waals surface area contributed by atoms with Gasteiger partial charge in [-0.15, -0.1) is 0 Å². The number of methoxy groups -OCH3 is 1. The fourth-order valence-corrected chi connectivity index (χ4v) is 2.57. The Morgan fingerprint density at radius 1 is 1.29 bits per heavy atom. The Bertz CT molecular complexity index is 899. The fraction of sp³-hybridized carbons (Fsp3) is 0.278. The number of hydrogen-bond donors (Lipinski definition) is 1. The van der Waals surface area contributed by atoms with Crippen LogP contribution in [0.4, 0.5) is 5.69 Å². The molecule has 0 aliphatic heterocycles. The topological polar surface area (TPSA) is 69.0 Å². The predicted octanol–water partition coefficient (Wildman–Crippen LogP) is 3.58. The molecule has 0 atom stereocenters. The first kappa shape index (κ1) is 16.0. The van der Waals surface area contributed by atoms with Crippen molar-refractivity contribution in [1.82, 2.24) is 14.8 Å². The molecule has 0 fully saturated rings. The Hall–Kier alpha value is -2.89. The van der Waals surface area contributed by atoms with Gasteiger partial charge in [0.2, 0.25) is 0 Å². The summed E-state index contributed by atoms with van der Waals surface area (Å²) >= 11 is 0. The van der Waals surface area contributed by atoms with Crippen LogP contribution in [0.1, 0.15) is 35.9 Å². The molecular weight excluding hydrogens is 304 g/mol. The number of fused-ring (bicyclic) bond motifs is 1. The molecule has 1 aromatic carbocycles. The highest BCUT2D eigenvalue weighted by atomic mass is 16.5. The van der Waals surface area contributed by atoms with Crippen molar-refractivity contribution >= 4 is 22.6 Å². The molecule has 0 bridgehead atoms. The van der Waals surface area contributed by atoms with Gasteiger partial charge in [0.15, 0.2) is 5.65 Å². The summed E-state index contributed by atoms with van der Waals surface area (Å²) in [5.41, 5.74) is 2.68. The number of nitrogens with zero attached hydrogens (tertiary/aromatic N) is 3. The maximum absolute atomic E-state index is 12.6. The molecule has 0 aliphatic rings. The van der Waals surface area contributed by atoms with E-state index >= 15 is 0 Å². The molecular formula is C18H20N4O2. The first-order valence-corrected chi connectivity index (χ1v) is 7.80. The molecule has 0 saturated heterocycles. The highest BCUT2D eigenvalue weighted by Crippen LogP contribution is 2.21. The van der Waals surface area contributed by atoms with Crippen LogP contribution in [-0.2, 0) is 0 Å². The number of hydrogen-bond acceptors (Lipinski definition) is 4. The van der Waals surface area contributed by atoms with Crippen LogP contribution in [0.2, 0.25) is 0 Å². The van der Waals surface area contributed by atoms with Gasteiger partial charge in [-0.25, -0.2) is 9.67 Å². The van der Waals surface area contributed by atoms with Crippen LogP contribution in [0.15, 0.2) is 36.5 Å². The number of nitrogens with one attached hydrogen (secondary N) is 1. The molecule has 3 aromatic rings. The fourth-order valence-electron chi connectivity index (χ4n) is 2.57. The normalized spacial score (nSPS) is 11.0. The summed E-state index contributed by atoms with van der Waals surface area (Å²) in [5, 5.41) is 8.08. The van der Waals surface area contributed by atoms with E-state index in [0.29, 0.717) is 22.7 Å². The Balaban J connectivity index is 1.93. The van der Waals surface area contributed by atoms with Gasteiger partial charge in [-0.1, -0.05) is 6.07 Å². The number of anilines is 1. The molecule has 2 aromatic heterocycles. The van der Waals surface area contributed by atoms with Gasteiger partial charge in [-0.3, -0.25) is 4.79 Å². The minimum atomic E-state index is -0.201. The number of benzene rings is 1. The third-order valence-corrected chi connectivity index (χ3v) is 3.82. The van der Waals surface area contributed by atoms with Crippen molar-refractivity contribution in [3.8, 4) is 5.75 Å². The quantitative estimate of drug-likeness (QED) is 0.796. The van der Waals surface area contributed by atoms with Crippen LogP contribution < -0.4 is 10.1 Å². The lowest BCUT2D eigenvalue weighted by Gasteiger charge is -2.10. The molecule has 6 heteroatoms. The van der Waals surface area contributed by atoms with Crippen LogP contribution in [0.25, 0.3) is 11.0 Å². The SMILES string of the molecule is COc1cccc(NC(=O)c2cc3cnn(C(C)C)c3nc2C)c1. The van der Waals surface area contributed by atoms with Crippen LogP contribution in [0.3, 0.4) is 0 Å². The molecule has 0 unspecified atom stereocenters. The van der Waals surface area contributed by atoms with Gasteiger partial charge in [0.1, 0.15) is 5.75 Å². The van der Waals surface area contributed by atoms with Crippen molar-refractivity contribution in [3.63, 3.8) is 0 Å². The Labute approximate surface area is 140 Å². The van der Waals surface area contributed by atoms with Crippen LogP contribution in [0, 0.1) is 6.92 Å². The van der Waals surface area contributed by atoms with E-state index in [1.54, 1.807) is 19.4 Å². The zero-order valence-electron chi connectivity index (χ0n) is 14.2. The molecule has 0 spiro atoms. The van der Waals surface area contributed by atoms with Gasteiger partial charge in [0.25, 0.3) is 5.91 Å². The Morgan fingerprint density at radius 2 is 2.08 bits per heavy atom. The number of aromatic nitrogens is 3. The van der Waals surface area contributed by atoms with Gasteiger partial charge in [-0.05, 0) is 39.0 Å². The summed E-state index contributed by atoms with van der Waals surface area (Å²) in [6.07, 6.45) is 1.74. The van der Waals surface area contributed by atoms with Crippen molar-refractivity contribution in [1.29, 1.82) is 0 Å². The maximum atomic E-state index is 12.6. The molecule has 24 heavy (non-hydrogen) atoms.